The van der Waals surface area contributed by atoms with Crippen molar-refractivity contribution in [3.63, 3.8) is 0 Å². The average molecular weight is 660 g/mol. The molecule has 0 aliphatic heterocycles. The number of anilines is 1. The van der Waals surface area contributed by atoms with Gasteiger partial charge in [0.05, 0.1) is 0 Å². The Morgan fingerprint density at radius 2 is 1.47 bits per heavy atom. The highest BCUT2D eigenvalue weighted by Gasteiger charge is 2.36. The smallest absolute Gasteiger partial charge is 0.408 e. The van der Waals surface area contributed by atoms with Crippen molar-refractivity contribution >= 4 is 34.4 Å². The van der Waals surface area contributed by atoms with E-state index in [4.69, 9.17) is 11.2 Å². The van der Waals surface area contributed by atoms with Gasteiger partial charge in [-0.15, -0.1) is 6.42 Å². The molecule has 0 radical (unpaired) electrons. The number of terminal acetylenes is 1. The van der Waals surface area contributed by atoms with Gasteiger partial charge < -0.3 is 20.3 Å². The topological polar surface area (TPSA) is 87.7 Å². The standard InChI is InChI=1S/C42H49N3O4/c1-6-8-9-10-11-17-28-45(40(47)37(29-32-18-13-12-14-19-32)44-41(48)49-42(3,4)5)38(34-24-22-31(7-2)23-25-34)39(46)43-36-27-26-33-20-15-16-21-35(33)30-36/h2,12-16,18-27,30,37-38H,6,8-11,17,28-29H2,1,3-5H3,(H,43,46)(H,44,48). The van der Waals surface area contributed by atoms with E-state index in [1.54, 1.807) is 49.9 Å². The second-order valence-corrected chi connectivity index (χ2v) is 13.4. The minimum Gasteiger partial charge on any atom is -0.444 e. The number of hydrogen-bond donors (Lipinski definition) is 2. The Hall–Kier alpha value is -5.09. The Kier molecular flexibility index (Phi) is 13.4. The quantitative estimate of drug-likeness (QED) is 0.0986. The molecule has 0 bridgehead atoms. The first-order valence-electron chi connectivity index (χ1n) is 17.3. The average Bonchev–Trinajstić information content (AvgIpc) is 3.08. The summed E-state index contributed by atoms with van der Waals surface area (Å²) in [7, 11) is 0. The first-order chi connectivity index (χ1) is 23.6. The maximum atomic E-state index is 14.8. The number of nitrogens with one attached hydrogen (secondary N) is 2. The van der Waals surface area contributed by atoms with Crippen molar-refractivity contribution in [3.05, 3.63) is 114 Å². The Labute approximate surface area is 291 Å². The summed E-state index contributed by atoms with van der Waals surface area (Å²) in [5, 5.41) is 7.97. The molecule has 4 aromatic carbocycles. The second kappa shape index (κ2) is 17.9. The van der Waals surface area contributed by atoms with E-state index in [0.717, 1.165) is 48.4 Å². The fourth-order valence-corrected chi connectivity index (χ4v) is 5.84. The summed E-state index contributed by atoms with van der Waals surface area (Å²) in [6.07, 6.45) is 11.2. The Morgan fingerprint density at radius 3 is 2.14 bits per heavy atom. The Bertz CT molecular complexity index is 1720. The number of nitrogens with zero attached hydrogens (tertiary/aromatic N) is 1. The molecule has 3 amide bonds. The molecule has 256 valence electrons. The second-order valence-electron chi connectivity index (χ2n) is 13.4. The molecule has 0 aliphatic rings. The van der Waals surface area contributed by atoms with E-state index in [9.17, 15) is 14.4 Å². The molecule has 0 fully saturated rings. The highest BCUT2D eigenvalue weighted by molar-refractivity contribution is 6.00. The Balaban J connectivity index is 1.74. The molecule has 2 N–H and O–H groups in total. The third kappa shape index (κ3) is 11.2. The minimum absolute atomic E-state index is 0.223. The normalized spacial score (nSPS) is 12.4. The summed E-state index contributed by atoms with van der Waals surface area (Å²) in [4.78, 5) is 44.0. The predicted molar refractivity (Wildman–Crippen MR) is 198 cm³/mol. The summed E-state index contributed by atoms with van der Waals surface area (Å²) >= 11 is 0. The lowest BCUT2D eigenvalue weighted by Gasteiger charge is -2.35. The van der Waals surface area contributed by atoms with Crippen LogP contribution in [0.25, 0.3) is 10.8 Å². The highest BCUT2D eigenvalue weighted by atomic mass is 16.6. The van der Waals surface area contributed by atoms with Crippen LogP contribution in [-0.4, -0.2) is 41.0 Å². The van der Waals surface area contributed by atoms with Crippen molar-refractivity contribution in [3.8, 4) is 12.3 Å². The zero-order valence-electron chi connectivity index (χ0n) is 29.2. The largest absolute Gasteiger partial charge is 0.444 e. The van der Waals surface area contributed by atoms with Crippen LogP contribution < -0.4 is 10.6 Å². The first-order valence-corrected chi connectivity index (χ1v) is 17.3. The van der Waals surface area contributed by atoms with Crippen LogP contribution in [-0.2, 0) is 20.7 Å². The number of benzene rings is 4. The molecular weight excluding hydrogens is 610 g/mol. The lowest BCUT2D eigenvalue weighted by Crippen LogP contribution is -2.53. The van der Waals surface area contributed by atoms with Crippen LogP contribution >= 0.6 is 0 Å². The molecule has 7 heteroatoms. The maximum absolute atomic E-state index is 14.8. The third-order valence-corrected chi connectivity index (χ3v) is 8.28. The number of fused-ring (bicyclic) bond motifs is 1. The maximum Gasteiger partial charge on any atom is 0.408 e. The Morgan fingerprint density at radius 1 is 0.816 bits per heavy atom. The van der Waals surface area contributed by atoms with Gasteiger partial charge in [-0.05, 0) is 73.4 Å². The number of carbonyl (C=O) groups excluding carboxylic acids is 3. The van der Waals surface area contributed by atoms with Gasteiger partial charge in [0.2, 0.25) is 5.91 Å². The molecule has 2 unspecified atom stereocenters. The number of ether oxygens (including phenoxy) is 1. The van der Waals surface area contributed by atoms with Crippen LogP contribution in [0, 0.1) is 12.3 Å². The molecule has 4 aromatic rings. The van der Waals surface area contributed by atoms with Crippen LogP contribution in [0.5, 0.6) is 0 Å². The van der Waals surface area contributed by atoms with E-state index in [1.165, 1.54) is 0 Å². The van der Waals surface area contributed by atoms with Crippen molar-refractivity contribution in [1.29, 1.82) is 0 Å². The van der Waals surface area contributed by atoms with Gasteiger partial charge in [0.25, 0.3) is 5.91 Å². The van der Waals surface area contributed by atoms with E-state index < -0.39 is 23.8 Å². The van der Waals surface area contributed by atoms with E-state index in [1.807, 2.05) is 72.8 Å². The van der Waals surface area contributed by atoms with Gasteiger partial charge in [-0.1, -0.05) is 118 Å². The molecule has 2 atom stereocenters. The monoisotopic (exact) mass is 659 g/mol. The summed E-state index contributed by atoms with van der Waals surface area (Å²) in [6.45, 7) is 7.82. The van der Waals surface area contributed by atoms with Gasteiger partial charge >= 0.3 is 6.09 Å². The molecule has 4 rings (SSSR count). The van der Waals surface area contributed by atoms with Crippen molar-refractivity contribution in [1.82, 2.24) is 10.2 Å². The lowest BCUT2D eigenvalue weighted by atomic mass is 9.98. The summed E-state index contributed by atoms with van der Waals surface area (Å²) < 4.78 is 5.59. The minimum atomic E-state index is -1.000. The lowest BCUT2D eigenvalue weighted by molar-refractivity contribution is -0.140. The highest BCUT2D eigenvalue weighted by Crippen LogP contribution is 2.28. The van der Waals surface area contributed by atoms with Gasteiger partial charge in [0.1, 0.15) is 17.7 Å². The van der Waals surface area contributed by atoms with Gasteiger partial charge in [0.15, 0.2) is 0 Å². The van der Waals surface area contributed by atoms with Crippen LogP contribution in [0.2, 0.25) is 0 Å². The van der Waals surface area contributed by atoms with Gasteiger partial charge in [-0.3, -0.25) is 9.59 Å². The van der Waals surface area contributed by atoms with Crippen LogP contribution in [0.4, 0.5) is 10.5 Å². The molecule has 7 nitrogen and oxygen atoms in total. The summed E-state index contributed by atoms with van der Waals surface area (Å²) in [6, 6.07) is 28.4. The number of carbonyl (C=O) groups is 3. The van der Waals surface area contributed by atoms with Gasteiger partial charge in [-0.25, -0.2) is 4.79 Å². The molecular formula is C42H49N3O4. The fourth-order valence-electron chi connectivity index (χ4n) is 5.84. The number of amides is 3. The fraction of sp³-hybridized carbons (Fsp3) is 0.357. The SMILES string of the molecule is C#Cc1ccc(C(C(=O)Nc2ccc3ccccc3c2)N(CCCCCCCC)C(=O)C(Cc2ccccc2)NC(=O)OC(C)(C)C)cc1. The summed E-state index contributed by atoms with van der Waals surface area (Å²) in [5.41, 5.74) is 2.01. The van der Waals surface area contributed by atoms with E-state index in [-0.39, 0.29) is 18.2 Å². The zero-order valence-corrected chi connectivity index (χ0v) is 29.2. The molecule has 49 heavy (non-hydrogen) atoms. The third-order valence-electron chi connectivity index (χ3n) is 8.28. The number of unbranched alkanes of at least 4 members (excludes halogenated alkanes) is 5. The van der Waals surface area contributed by atoms with E-state index in [2.05, 4.69) is 23.5 Å². The molecule has 0 spiro atoms. The van der Waals surface area contributed by atoms with Gasteiger partial charge in [-0.2, -0.15) is 0 Å². The van der Waals surface area contributed by atoms with Crippen LogP contribution in [0.3, 0.4) is 0 Å². The molecule has 0 saturated heterocycles. The number of alkyl carbamates (subject to hydrolysis) is 1. The van der Waals surface area contributed by atoms with Crippen molar-refractivity contribution in [2.45, 2.75) is 90.3 Å². The van der Waals surface area contributed by atoms with Crippen molar-refractivity contribution in [2.24, 2.45) is 0 Å². The number of rotatable bonds is 15. The molecule has 0 aromatic heterocycles. The first kappa shape index (κ1) is 36.7. The van der Waals surface area contributed by atoms with Crippen LogP contribution in [0.15, 0.2) is 97.1 Å². The van der Waals surface area contributed by atoms with Gasteiger partial charge in [0, 0.05) is 24.2 Å². The van der Waals surface area contributed by atoms with Crippen molar-refractivity contribution in [2.75, 3.05) is 11.9 Å². The molecule has 0 saturated carbocycles. The predicted octanol–water partition coefficient (Wildman–Crippen LogP) is 8.83. The summed E-state index contributed by atoms with van der Waals surface area (Å²) in [5.74, 6) is 1.90. The van der Waals surface area contributed by atoms with E-state index in [0.29, 0.717) is 29.8 Å². The number of hydrogen-bond acceptors (Lipinski definition) is 4. The zero-order chi connectivity index (χ0) is 35.2. The van der Waals surface area contributed by atoms with Crippen LogP contribution in [0.1, 0.15) is 89.0 Å². The van der Waals surface area contributed by atoms with E-state index >= 15 is 0 Å². The molecule has 0 aliphatic carbocycles. The molecule has 0 heterocycles. The van der Waals surface area contributed by atoms with Crippen molar-refractivity contribution < 1.29 is 19.1 Å².